The van der Waals surface area contributed by atoms with Crippen LogP contribution in [0.2, 0.25) is 0 Å². The van der Waals surface area contributed by atoms with Gasteiger partial charge in [-0.1, -0.05) is 5.21 Å². The average Bonchev–Trinajstić information content (AvgIpc) is 3.29. The highest BCUT2D eigenvalue weighted by atomic mass is 32.2. The van der Waals surface area contributed by atoms with Crippen LogP contribution in [0.1, 0.15) is 17.7 Å². The van der Waals surface area contributed by atoms with Gasteiger partial charge in [-0.2, -0.15) is 13.2 Å². The van der Waals surface area contributed by atoms with Crippen molar-refractivity contribution in [2.75, 3.05) is 23.0 Å². The first kappa shape index (κ1) is 20.7. The smallest absolute Gasteiger partial charge is 0.436 e. The molecule has 0 saturated carbocycles. The fourth-order valence-corrected chi connectivity index (χ4v) is 4.33. The van der Waals surface area contributed by atoms with Gasteiger partial charge in [-0.3, -0.25) is 4.90 Å². The molecule has 1 saturated heterocycles. The number of cyclic esters (lactones) is 1. The highest BCUT2D eigenvalue weighted by molar-refractivity contribution is 7.91. The molecule has 2 atom stereocenters. The molecule has 3 heterocycles. The number of benzene rings is 1. The number of anilines is 1. The van der Waals surface area contributed by atoms with Crippen LogP contribution in [-0.4, -0.2) is 49.8 Å². The molecule has 0 aliphatic carbocycles. The molecule has 12 heteroatoms. The number of hydrogen-bond donors (Lipinski definition) is 0. The molecule has 1 amide bonds. The molecule has 30 heavy (non-hydrogen) atoms. The van der Waals surface area contributed by atoms with Crippen LogP contribution in [0.5, 0.6) is 0 Å². The molecular formula is C18H16F4N4O3S. The van der Waals surface area contributed by atoms with Crippen LogP contribution in [0.25, 0.3) is 5.57 Å². The Kier molecular flexibility index (Phi) is 5.45. The Hall–Kier alpha value is -2.60. The third kappa shape index (κ3) is 4.29. The minimum Gasteiger partial charge on any atom is -0.616 e. The van der Waals surface area contributed by atoms with Crippen molar-refractivity contribution in [1.29, 1.82) is 0 Å². The van der Waals surface area contributed by atoms with E-state index < -0.39 is 41.1 Å². The number of hydrogen-bond acceptors (Lipinski definition) is 5. The summed E-state index contributed by atoms with van der Waals surface area (Å²) in [5.41, 5.74) is 0.300. The van der Waals surface area contributed by atoms with E-state index in [-0.39, 0.29) is 18.8 Å². The van der Waals surface area contributed by atoms with Gasteiger partial charge in [0.1, 0.15) is 23.4 Å². The van der Waals surface area contributed by atoms with Crippen molar-refractivity contribution in [2.24, 2.45) is 0 Å². The highest BCUT2D eigenvalue weighted by Gasteiger charge is 2.36. The molecule has 0 N–H and O–H groups in total. The van der Waals surface area contributed by atoms with Crippen molar-refractivity contribution in [3.05, 3.63) is 47.5 Å². The summed E-state index contributed by atoms with van der Waals surface area (Å²) in [6.07, 6.45) is -3.11. The Balaban J connectivity index is 1.45. The predicted molar refractivity (Wildman–Crippen MR) is 99.5 cm³/mol. The maximum atomic E-state index is 14.6. The number of carbonyl (C=O) groups is 1. The minimum absolute atomic E-state index is 0.0283. The van der Waals surface area contributed by atoms with Crippen molar-refractivity contribution in [3.8, 4) is 0 Å². The van der Waals surface area contributed by atoms with Gasteiger partial charge in [0.2, 0.25) is 0 Å². The lowest BCUT2D eigenvalue weighted by Gasteiger charge is -2.19. The number of allylic oxidation sites excluding steroid dienone is 1. The fraction of sp³-hybridized carbons (Fsp3) is 0.389. The van der Waals surface area contributed by atoms with E-state index in [2.05, 4.69) is 10.3 Å². The molecular weight excluding hydrogens is 428 g/mol. The van der Waals surface area contributed by atoms with E-state index in [1.807, 2.05) is 0 Å². The summed E-state index contributed by atoms with van der Waals surface area (Å²) in [4.78, 5) is 13.4. The van der Waals surface area contributed by atoms with E-state index in [1.165, 1.54) is 11.0 Å². The summed E-state index contributed by atoms with van der Waals surface area (Å²) in [7, 11) is 0. The van der Waals surface area contributed by atoms with E-state index in [9.17, 15) is 26.9 Å². The third-order valence-corrected chi connectivity index (χ3v) is 6.02. The second-order valence-electron chi connectivity index (χ2n) is 6.89. The standard InChI is InChI=1S/C18H16F4N4O3S/c19-15-7-12(1-2-14(15)11-3-5-30(28)6-4-11)26-9-13(29-17(26)27)8-25-10-16(23-24-25)18(20,21)22/h1-3,7,10,13H,4-6,8-9H2/t13-,30-/m0/s1. The second-order valence-corrected chi connectivity index (χ2v) is 8.52. The van der Waals surface area contributed by atoms with Crippen molar-refractivity contribution < 1.29 is 31.6 Å². The number of amides is 1. The van der Waals surface area contributed by atoms with Crippen LogP contribution in [0.3, 0.4) is 0 Å². The molecule has 1 fully saturated rings. The molecule has 0 bridgehead atoms. The number of rotatable bonds is 4. The van der Waals surface area contributed by atoms with Gasteiger partial charge in [0.15, 0.2) is 5.69 Å². The summed E-state index contributed by atoms with van der Waals surface area (Å²) in [6, 6.07) is 4.34. The maximum absolute atomic E-state index is 14.6. The SMILES string of the molecule is O=C1O[C@@H](Cn2cc(C(F)(F)F)nn2)CN1c1ccc(C2=CC[S@+]([O-])CC2)c(F)c1. The van der Waals surface area contributed by atoms with Crippen LogP contribution in [0.4, 0.5) is 28.0 Å². The van der Waals surface area contributed by atoms with E-state index >= 15 is 0 Å². The minimum atomic E-state index is -4.61. The first-order valence-electron chi connectivity index (χ1n) is 9.00. The summed E-state index contributed by atoms with van der Waals surface area (Å²) in [6.45, 7) is -0.0869. The van der Waals surface area contributed by atoms with Crippen molar-refractivity contribution in [2.45, 2.75) is 25.2 Å². The summed E-state index contributed by atoms with van der Waals surface area (Å²) in [5, 5.41) is 6.46. The number of halogens is 4. The van der Waals surface area contributed by atoms with Gasteiger partial charge in [0.25, 0.3) is 0 Å². The largest absolute Gasteiger partial charge is 0.616 e. The molecule has 2 aliphatic heterocycles. The molecule has 2 aromatic rings. The Morgan fingerprint density at radius 3 is 2.77 bits per heavy atom. The van der Waals surface area contributed by atoms with Crippen LogP contribution in [-0.2, 0) is 28.6 Å². The Labute approximate surface area is 171 Å². The first-order chi connectivity index (χ1) is 14.2. The van der Waals surface area contributed by atoms with E-state index in [0.29, 0.717) is 23.5 Å². The van der Waals surface area contributed by atoms with Crippen molar-refractivity contribution >= 4 is 28.5 Å². The molecule has 160 valence electrons. The number of aromatic nitrogens is 3. The zero-order chi connectivity index (χ0) is 21.5. The van der Waals surface area contributed by atoms with E-state index in [0.717, 1.165) is 16.5 Å². The van der Waals surface area contributed by atoms with Gasteiger partial charge in [-0.05, 0) is 41.0 Å². The second kappa shape index (κ2) is 7.91. The molecule has 4 rings (SSSR count). The lowest BCUT2D eigenvalue weighted by molar-refractivity contribution is -0.141. The average molecular weight is 444 g/mol. The Bertz CT molecular complexity index is 994. The van der Waals surface area contributed by atoms with Gasteiger partial charge in [-0.25, -0.2) is 13.9 Å². The molecule has 0 spiro atoms. The van der Waals surface area contributed by atoms with Gasteiger partial charge in [0, 0.05) is 12.0 Å². The number of nitrogens with zero attached hydrogens (tertiary/aromatic N) is 4. The summed E-state index contributed by atoms with van der Waals surface area (Å²) < 4.78 is 70.1. The number of ether oxygens (including phenoxy) is 1. The molecule has 1 aromatic heterocycles. The van der Waals surface area contributed by atoms with Gasteiger partial charge in [0.05, 0.1) is 25.0 Å². The Morgan fingerprint density at radius 1 is 1.33 bits per heavy atom. The maximum Gasteiger partial charge on any atom is 0.436 e. The lowest BCUT2D eigenvalue weighted by atomic mass is 10.0. The molecule has 0 radical (unpaired) electrons. The topological polar surface area (TPSA) is 83.3 Å². The van der Waals surface area contributed by atoms with Crippen molar-refractivity contribution in [3.63, 3.8) is 0 Å². The molecule has 0 unspecified atom stereocenters. The number of alkyl halides is 3. The normalized spacial score (nSPS) is 22.2. The van der Waals surface area contributed by atoms with E-state index in [1.54, 1.807) is 18.2 Å². The Morgan fingerprint density at radius 2 is 2.13 bits per heavy atom. The quantitative estimate of drug-likeness (QED) is 0.535. The van der Waals surface area contributed by atoms with Crippen LogP contribution >= 0.6 is 0 Å². The van der Waals surface area contributed by atoms with Gasteiger partial charge >= 0.3 is 12.3 Å². The van der Waals surface area contributed by atoms with Crippen LogP contribution in [0, 0.1) is 5.82 Å². The fourth-order valence-electron chi connectivity index (χ4n) is 3.33. The molecule has 7 nitrogen and oxygen atoms in total. The third-order valence-electron chi connectivity index (χ3n) is 4.82. The zero-order valence-corrected chi connectivity index (χ0v) is 16.2. The summed E-state index contributed by atoms with van der Waals surface area (Å²) in [5.74, 6) is 0.342. The van der Waals surface area contributed by atoms with Gasteiger partial charge < -0.3 is 9.29 Å². The highest BCUT2D eigenvalue weighted by Crippen LogP contribution is 2.31. The number of carbonyl (C=O) groups excluding carboxylic acids is 1. The predicted octanol–water partition coefficient (Wildman–Crippen LogP) is 3.00. The molecule has 1 aromatic carbocycles. The van der Waals surface area contributed by atoms with E-state index in [4.69, 9.17) is 4.74 Å². The first-order valence-corrected chi connectivity index (χ1v) is 10.5. The zero-order valence-electron chi connectivity index (χ0n) is 15.4. The lowest BCUT2D eigenvalue weighted by Crippen LogP contribution is -2.26. The van der Waals surface area contributed by atoms with Crippen LogP contribution < -0.4 is 4.90 Å². The van der Waals surface area contributed by atoms with Crippen molar-refractivity contribution in [1.82, 2.24) is 15.0 Å². The monoisotopic (exact) mass is 444 g/mol. The summed E-state index contributed by atoms with van der Waals surface area (Å²) >= 11 is -0.919. The van der Waals surface area contributed by atoms with Gasteiger partial charge in [-0.15, -0.1) is 5.10 Å². The van der Waals surface area contributed by atoms with Crippen LogP contribution in [0.15, 0.2) is 30.5 Å². The molecule has 2 aliphatic rings.